The number of allylic oxidation sites excluding steroid dienone is 1. The molecule has 0 atom stereocenters. The van der Waals surface area contributed by atoms with Crippen LogP contribution in [-0.2, 0) is 18.6 Å². The fourth-order valence-corrected chi connectivity index (χ4v) is 0.250. The van der Waals surface area contributed by atoms with Crippen molar-refractivity contribution in [1.82, 2.24) is 0 Å². The Balaban J connectivity index is 0. The van der Waals surface area contributed by atoms with Gasteiger partial charge in [-0.2, -0.15) is 0 Å². The van der Waals surface area contributed by atoms with Gasteiger partial charge < -0.3 is 0 Å². The van der Waals surface area contributed by atoms with Crippen LogP contribution in [-0.4, -0.2) is 0 Å². The van der Waals surface area contributed by atoms with Crippen LogP contribution in [0.1, 0.15) is 26.7 Å². The van der Waals surface area contributed by atoms with Gasteiger partial charge in [0.05, 0.1) is 0 Å². The molecule has 0 aliphatic carbocycles. The summed E-state index contributed by atoms with van der Waals surface area (Å²) in [7, 11) is 0. The average molecular weight is 135 g/mol. The second-order valence-corrected chi connectivity index (χ2v) is 1.46. The van der Waals surface area contributed by atoms with Crippen molar-refractivity contribution in [3.63, 3.8) is 0 Å². The first-order valence-corrected chi connectivity index (χ1v) is 2.47. The molecule has 0 rings (SSSR count). The molecule has 0 spiro atoms. The molecule has 0 aromatic carbocycles. The van der Waals surface area contributed by atoms with Crippen molar-refractivity contribution in [2.75, 3.05) is 0 Å². The third-order valence-corrected chi connectivity index (χ3v) is 1.000. The van der Waals surface area contributed by atoms with Crippen molar-refractivity contribution in [3.05, 3.63) is 12.2 Å². The minimum Gasteiger partial charge on any atom is -0.0999 e. The molecule has 0 amide bonds. The van der Waals surface area contributed by atoms with E-state index in [-0.39, 0.29) is 18.6 Å². The van der Waals surface area contributed by atoms with Crippen LogP contribution in [0.25, 0.3) is 0 Å². The quantitative estimate of drug-likeness (QED) is 0.510. The van der Waals surface area contributed by atoms with Crippen molar-refractivity contribution in [2.24, 2.45) is 0 Å². The summed E-state index contributed by atoms with van der Waals surface area (Å²) < 4.78 is 0. The third kappa shape index (κ3) is 6.32. The van der Waals surface area contributed by atoms with E-state index < -0.39 is 0 Å². The normalized spacial score (nSPS) is 7.14. The fourth-order valence-electron chi connectivity index (χ4n) is 0.250. The molecule has 0 aliphatic heterocycles. The van der Waals surface area contributed by atoms with Crippen molar-refractivity contribution in [3.8, 4) is 0 Å². The van der Waals surface area contributed by atoms with Crippen LogP contribution in [0.3, 0.4) is 0 Å². The molecule has 0 bridgehead atoms. The Morgan fingerprint density at radius 3 is 1.57 bits per heavy atom. The average Bonchev–Trinajstić information content (AvgIpc) is 1.65. The smallest absolute Gasteiger partial charge is 0 e. The molecular formula is C6H12V. The topological polar surface area (TPSA) is 0 Å². The van der Waals surface area contributed by atoms with Gasteiger partial charge in [-0.05, 0) is 12.8 Å². The standard InChI is InChI=1S/C6H12.V/c1-4-6(3)5-2;/h3-5H2,1-2H3;. The van der Waals surface area contributed by atoms with Gasteiger partial charge in [0.1, 0.15) is 0 Å². The maximum atomic E-state index is 3.79. The van der Waals surface area contributed by atoms with Gasteiger partial charge in [-0.25, -0.2) is 0 Å². The Hall–Kier alpha value is 0.324. The van der Waals surface area contributed by atoms with Gasteiger partial charge >= 0.3 is 0 Å². The molecule has 7 heavy (non-hydrogen) atoms. The van der Waals surface area contributed by atoms with Gasteiger partial charge in [0.2, 0.25) is 0 Å². The van der Waals surface area contributed by atoms with Gasteiger partial charge in [0.25, 0.3) is 0 Å². The van der Waals surface area contributed by atoms with E-state index in [0.717, 1.165) is 12.8 Å². The zero-order valence-electron chi connectivity index (χ0n) is 5.07. The first kappa shape index (κ1) is 10.3. The van der Waals surface area contributed by atoms with Crippen molar-refractivity contribution >= 4 is 0 Å². The molecule has 0 aromatic heterocycles. The van der Waals surface area contributed by atoms with Gasteiger partial charge in [-0.15, -0.1) is 0 Å². The summed E-state index contributed by atoms with van der Waals surface area (Å²) in [6.07, 6.45) is 2.27. The molecule has 0 unspecified atom stereocenters. The van der Waals surface area contributed by atoms with Crippen molar-refractivity contribution in [1.29, 1.82) is 0 Å². The molecule has 0 aliphatic rings. The molecule has 0 fully saturated rings. The largest absolute Gasteiger partial charge is 0.0999 e. The summed E-state index contributed by atoms with van der Waals surface area (Å²) >= 11 is 0. The van der Waals surface area contributed by atoms with Crippen LogP contribution < -0.4 is 0 Å². The Bertz CT molecular complexity index is 42.1. The van der Waals surface area contributed by atoms with E-state index in [0.29, 0.717) is 0 Å². The van der Waals surface area contributed by atoms with Crippen LogP contribution in [0.2, 0.25) is 0 Å². The summed E-state index contributed by atoms with van der Waals surface area (Å²) in [6.45, 7) is 8.05. The molecule has 41 valence electrons. The molecular weight excluding hydrogens is 123 g/mol. The summed E-state index contributed by atoms with van der Waals surface area (Å²) in [6, 6.07) is 0. The van der Waals surface area contributed by atoms with Crippen LogP contribution in [0.15, 0.2) is 12.2 Å². The Morgan fingerprint density at radius 1 is 1.29 bits per heavy atom. The molecule has 0 N–H and O–H groups in total. The van der Waals surface area contributed by atoms with E-state index in [1.165, 1.54) is 5.57 Å². The van der Waals surface area contributed by atoms with Crippen LogP contribution in [0.4, 0.5) is 0 Å². The first-order valence-electron chi connectivity index (χ1n) is 2.47. The predicted molar refractivity (Wildman–Crippen MR) is 29.7 cm³/mol. The van der Waals surface area contributed by atoms with E-state index in [1.807, 2.05) is 0 Å². The minimum atomic E-state index is 0. The molecule has 1 heteroatoms. The maximum Gasteiger partial charge on any atom is 0 e. The van der Waals surface area contributed by atoms with E-state index >= 15 is 0 Å². The van der Waals surface area contributed by atoms with Gasteiger partial charge in [-0.1, -0.05) is 26.0 Å². The summed E-state index contributed by atoms with van der Waals surface area (Å²) in [4.78, 5) is 0. The summed E-state index contributed by atoms with van der Waals surface area (Å²) in [5, 5.41) is 0. The SMILES string of the molecule is C=C(CC)CC.[V]. The van der Waals surface area contributed by atoms with E-state index in [4.69, 9.17) is 0 Å². The first-order chi connectivity index (χ1) is 2.81. The monoisotopic (exact) mass is 135 g/mol. The molecule has 1 radical (unpaired) electrons. The third-order valence-electron chi connectivity index (χ3n) is 1.000. The zero-order chi connectivity index (χ0) is 4.99. The predicted octanol–water partition coefficient (Wildman–Crippen LogP) is 2.36. The number of rotatable bonds is 2. The van der Waals surface area contributed by atoms with Crippen molar-refractivity contribution in [2.45, 2.75) is 26.7 Å². The second-order valence-electron chi connectivity index (χ2n) is 1.46. The number of hydrogen-bond acceptors (Lipinski definition) is 0. The van der Waals surface area contributed by atoms with E-state index in [9.17, 15) is 0 Å². The Morgan fingerprint density at radius 2 is 1.57 bits per heavy atom. The van der Waals surface area contributed by atoms with E-state index in [2.05, 4.69) is 20.4 Å². The van der Waals surface area contributed by atoms with Crippen molar-refractivity contribution < 1.29 is 18.6 Å². The fraction of sp³-hybridized carbons (Fsp3) is 0.667. The minimum absolute atomic E-state index is 0. The Kier molecular flexibility index (Phi) is 9.34. The van der Waals surface area contributed by atoms with Crippen LogP contribution in [0, 0.1) is 0 Å². The van der Waals surface area contributed by atoms with Crippen LogP contribution >= 0.6 is 0 Å². The summed E-state index contributed by atoms with van der Waals surface area (Å²) in [5.41, 5.74) is 1.34. The molecule has 0 saturated carbocycles. The van der Waals surface area contributed by atoms with E-state index in [1.54, 1.807) is 0 Å². The molecule has 0 heterocycles. The Labute approximate surface area is 57.9 Å². The second kappa shape index (κ2) is 6.32. The zero-order valence-corrected chi connectivity index (χ0v) is 6.47. The van der Waals surface area contributed by atoms with Gasteiger partial charge in [-0.3, -0.25) is 0 Å². The molecule has 0 saturated heterocycles. The number of hydrogen-bond donors (Lipinski definition) is 0. The summed E-state index contributed by atoms with van der Waals surface area (Å²) in [5.74, 6) is 0. The molecule has 0 nitrogen and oxygen atoms in total. The maximum absolute atomic E-state index is 3.79. The van der Waals surface area contributed by atoms with Gasteiger partial charge in [0.15, 0.2) is 0 Å². The molecule has 0 aromatic rings. The van der Waals surface area contributed by atoms with Crippen LogP contribution in [0.5, 0.6) is 0 Å². The van der Waals surface area contributed by atoms with Gasteiger partial charge in [0, 0.05) is 18.6 Å².